The fraction of sp³-hybridized carbons (Fsp3) is 0.375. The summed E-state index contributed by atoms with van der Waals surface area (Å²) in [5.74, 6) is 4.02. The monoisotopic (exact) mass is 1410 g/mol. The predicted octanol–water partition coefficient (Wildman–Crippen LogP) is 25.8. The van der Waals surface area contributed by atoms with E-state index >= 15 is 19.2 Å². The normalized spacial score (nSPS) is 17.1. The number of amides is 4. The summed E-state index contributed by atoms with van der Waals surface area (Å²) in [4.78, 5) is 72.2. The van der Waals surface area contributed by atoms with Crippen LogP contribution in [0.15, 0.2) is 158 Å². The number of hydrogen-bond acceptors (Lipinski definition) is 8. The van der Waals surface area contributed by atoms with Gasteiger partial charge in [0.2, 0.25) is 0 Å². The molecule has 0 radical (unpaired) electrons. The number of aryl methyl sites for hydroxylation is 4. The van der Waals surface area contributed by atoms with Crippen LogP contribution < -0.4 is 28.7 Å². The van der Waals surface area contributed by atoms with E-state index in [2.05, 4.69) is 36.4 Å². The number of imide groups is 2. The van der Waals surface area contributed by atoms with Crippen LogP contribution in [0.2, 0.25) is 0 Å². The Labute approximate surface area is 624 Å². The smallest absolute Gasteiger partial charge is 0.266 e. The first-order chi connectivity index (χ1) is 52.0. The van der Waals surface area contributed by atoms with E-state index in [1.54, 1.807) is 9.80 Å². The van der Waals surface area contributed by atoms with E-state index < -0.39 is 23.6 Å². The zero-order valence-electron chi connectivity index (χ0n) is 62.3. The molecule has 0 atom stereocenters. The fourth-order valence-electron chi connectivity index (χ4n) is 19.9. The third-order valence-electron chi connectivity index (χ3n) is 25.3. The second-order valence-corrected chi connectivity index (χ2v) is 31.9. The molecule has 2 aliphatic heterocycles. The van der Waals surface area contributed by atoms with Crippen molar-refractivity contribution in [1.29, 1.82) is 0 Å². The number of rotatable bonds is 22. The van der Waals surface area contributed by atoms with Crippen LogP contribution in [0.3, 0.4) is 0 Å². The van der Waals surface area contributed by atoms with E-state index in [9.17, 15) is 0 Å². The van der Waals surface area contributed by atoms with Crippen LogP contribution in [0.5, 0.6) is 46.0 Å². The molecule has 0 saturated heterocycles. The molecule has 10 nitrogen and oxygen atoms in total. The largest absolute Gasteiger partial charge is 0.456 e. The lowest BCUT2D eigenvalue weighted by Gasteiger charge is -2.37. The van der Waals surface area contributed by atoms with Gasteiger partial charge < -0.3 is 18.9 Å². The molecule has 17 rings (SSSR count). The minimum atomic E-state index is -0.427. The van der Waals surface area contributed by atoms with Crippen LogP contribution in [0, 0.1) is 51.4 Å². The van der Waals surface area contributed by atoms with Gasteiger partial charge >= 0.3 is 0 Å². The highest BCUT2D eigenvalue weighted by Crippen LogP contribution is 2.62. The molecule has 0 spiro atoms. The molecule has 2 heterocycles. The molecule has 106 heavy (non-hydrogen) atoms. The molecule has 4 saturated carbocycles. The number of fused-ring (bicyclic) bond motifs is 2. The predicted molar refractivity (Wildman–Crippen MR) is 427 cm³/mol. The third-order valence-corrected chi connectivity index (χ3v) is 25.3. The minimum absolute atomic E-state index is 0.344. The van der Waals surface area contributed by atoms with E-state index in [-0.39, 0.29) is 0 Å². The summed E-state index contributed by atoms with van der Waals surface area (Å²) in [6.07, 6.45) is 31.0. The first kappa shape index (κ1) is 69.3. The van der Waals surface area contributed by atoms with Crippen LogP contribution in [0.1, 0.15) is 240 Å². The molecule has 0 N–H and O–H groups in total. The Hall–Kier alpha value is -9.80. The summed E-state index contributed by atoms with van der Waals surface area (Å²) in [6.45, 7) is 7.85. The van der Waals surface area contributed by atoms with E-state index in [4.69, 9.17) is 18.9 Å². The number of nitrogens with zero attached hydrogens (tertiary/aromatic N) is 2. The summed E-state index contributed by atoms with van der Waals surface area (Å²) in [5, 5.41) is 4.08. The van der Waals surface area contributed by atoms with Crippen molar-refractivity contribution < 1.29 is 38.1 Å². The summed E-state index contributed by atoms with van der Waals surface area (Å²) in [6, 6.07) is 51.6. The van der Waals surface area contributed by atoms with Crippen molar-refractivity contribution in [2.24, 2.45) is 23.7 Å². The maximum atomic E-state index is 17.3. The second kappa shape index (κ2) is 29.9. The Morgan fingerprint density at radius 1 is 0.264 bits per heavy atom. The maximum absolute atomic E-state index is 17.3. The SMILES string of the molecule is Cc1c2c3c(c(C)c(Oc4ccccc4)c4c5c(Oc6ccccc6)c(C)c6c7c(c(C)c(Oc8ccccc8)c(c(c1Oc1ccccc1)c34)c75)C(=O)N(c1c(CCC3CCCCC3)cccc1CCC1CCCCC1)C6=O)C(=O)N(c1c(CCC3CCCCC3)cccc1CCC1CCCCC1)C2=O. The topological polar surface area (TPSA) is 112 Å². The minimum Gasteiger partial charge on any atom is -0.456 e. The summed E-state index contributed by atoms with van der Waals surface area (Å²) < 4.78 is 30.4. The highest BCUT2D eigenvalue weighted by Gasteiger charge is 2.47. The first-order valence-corrected chi connectivity index (χ1v) is 40.2. The lowest BCUT2D eigenvalue weighted by atomic mass is 9.76. The molecule has 4 fully saturated rings. The summed E-state index contributed by atoms with van der Waals surface area (Å²) in [5.41, 5.74) is 8.87. The Morgan fingerprint density at radius 3 is 0.698 bits per heavy atom. The number of carbonyl (C=O) groups is 4. The number of para-hydroxylation sites is 6. The van der Waals surface area contributed by atoms with Crippen LogP contribution in [-0.4, -0.2) is 23.6 Å². The van der Waals surface area contributed by atoms with Gasteiger partial charge in [-0.3, -0.25) is 19.2 Å². The number of hydrogen-bond donors (Lipinski definition) is 0. The Kier molecular flexibility index (Phi) is 19.5. The highest BCUT2D eigenvalue weighted by molar-refractivity contribution is 6.49. The van der Waals surface area contributed by atoms with Crippen LogP contribution in [0.25, 0.3) is 43.1 Å². The van der Waals surface area contributed by atoms with Gasteiger partial charge in [0.25, 0.3) is 23.6 Å². The van der Waals surface area contributed by atoms with Crippen molar-refractivity contribution in [2.45, 2.75) is 207 Å². The van der Waals surface area contributed by atoms with Gasteiger partial charge in [-0.25, -0.2) is 9.80 Å². The number of benzene rings is 11. The molecular weight excluding hydrogens is 1310 g/mol. The zero-order chi connectivity index (χ0) is 72.1. The van der Waals surface area contributed by atoms with Crippen LogP contribution in [-0.2, 0) is 25.7 Å². The number of ether oxygens (including phenoxy) is 4. The molecule has 0 bridgehead atoms. The molecule has 11 aromatic rings. The van der Waals surface area contributed by atoms with Gasteiger partial charge in [-0.1, -0.05) is 238 Å². The quantitative estimate of drug-likeness (QED) is 0.0375. The standard InChI is InChI=1S/C96H98N2O8/c1-59-75-79-76(94(100)97(93(75)99)87-67(55-51-63-31-13-5-14-32-63)39-29-40-68(87)56-52-64-33-15-6-16-34-64)60(2)91(105-73-47-25-11-26-48-73)85-81(79)83(89(59)103-71-43-21-9-22-44-71)84-82-80-77(61(3)90(84)104-72-45-23-10-24-46-72)95(101)98(96(102)78(80)62(4)92(86(82)85)106-74-49-27-12-28-50-74)88-69(57-53-65-35-17-7-18-36-65)41-30-42-70(88)58-54-66-37-19-8-20-38-66/h9-12,21-30,39-50,63-66H,5-8,13-20,31-38,51-58H2,1-4H3. The van der Waals surface area contributed by atoms with Crippen molar-refractivity contribution in [2.75, 3.05) is 9.80 Å². The van der Waals surface area contributed by atoms with Crippen molar-refractivity contribution in [3.8, 4) is 46.0 Å². The van der Waals surface area contributed by atoms with E-state index in [1.807, 2.05) is 149 Å². The molecule has 6 aliphatic rings. The molecule has 11 aromatic carbocycles. The van der Waals surface area contributed by atoms with E-state index in [0.717, 1.165) is 73.6 Å². The van der Waals surface area contributed by atoms with Gasteiger partial charge in [0.15, 0.2) is 0 Å². The van der Waals surface area contributed by atoms with Crippen LogP contribution in [0.4, 0.5) is 11.4 Å². The average molecular weight is 1410 g/mol. The van der Waals surface area contributed by atoms with E-state index in [1.165, 1.54) is 128 Å². The highest BCUT2D eigenvalue weighted by atomic mass is 16.5. The van der Waals surface area contributed by atoms with Crippen LogP contribution >= 0.6 is 0 Å². The van der Waals surface area contributed by atoms with Gasteiger partial charge in [-0.15, -0.1) is 0 Å². The third kappa shape index (κ3) is 12.7. The summed E-state index contributed by atoms with van der Waals surface area (Å²) >= 11 is 0. The Bertz CT molecular complexity index is 4550. The number of carbonyl (C=O) groups excluding carboxylic acids is 4. The van der Waals surface area contributed by atoms with Gasteiger partial charge in [0, 0.05) is 65.3 Å². The maximum Gasteiger partial charge on any atom is 0.266 e. The molecule has 4 aliphatic carbocycles. The van der Waals surface area contributed by atoms with Gasteiger partial charge in [-0.2, -0.15) is 0 Å². The second-order valence-electron chi connectivity index (χ2n) is 31.9. The molecule has 0 unspecified atom stereocenters. The number of anilines is 2. The molecule has 4 amide bonds. The molecule has 0 aromatic heterocycles. The Morgan fingerprint density at radius 2 is 0.481 bits per heavy atom. The van der Waals surface area contributed by atoms with Crippen molar-refractivity contribution in [3.63, 3.8) is 0 Å². The van der Waals surface area contributed by atoms with Crippen molar-refractivity contribution >= 4 is 78.1 Å². The first-order valence-electron chi connectivity index (χ1n) is 40.2. The lowest BCUT2D eigenvalue weighted by Crippen LogP contribution is -2.43. The fourth-order valence-corrected chi connectivity index (χ4v) is 19.9. The molecule has 540 valence electrons. The average Bonchev–Trinajstić information content (AvgIpc) is 0.660. The Balaban J connectivity index is 0.994. The lowest BCUT2D eigenvalue weighted by molar-refractivity contribution is 0.0876. The van der Waals surface area contributed by atoms with Gasteiger partial charge in [-0.05, 0) is 174 Å². The van der Waals surface area contributed by atoms with E-state index in [0.29, 0.717) is 169 Å². The van der Waals surface area contributed by atoms with Crippen molar-refractivity contribution in [3.05, 3.63) is 224 Å². The zero-order valence-corrected chi connectivity index (χ0v) is 62.3. The van der Waals surface area contributed by atoms with Gasteiger partial charge in [0.1, 0.15) is 46.0 Å². The molecular formula is C96H98N2O8. The summed E-state index contributed by atoms with van der Waals surface area (Å²) in [7, 11) is 0. The van der Waals surface area contributed by atoms with Gasteiger partial charge in [0.05, 0.1) is 33.6 Å². The molecule has 10 heteroatoms. The van der Waals surface area contributed by atoms with Crippen molar-refractivity contribution in [1.82, 2.24) is 0 Å².